The van der Waals surface area contributed by atoms with Crippen LogP contribution in [0.4, 0.5) is 5.69 Å². The molecule has 156 valence electrons. The van der Waals surface area contributed by atoms with Crippen molar-refractivity contribution < 1.29 is 14.3 Å². The van der Waals surface area contributed by atoms with Gasteiger partial charge in [-0.05, 0) is 54.1 Å². The molecule has 2 amide bonds. The lowest BCUT2D eigenvalue weighted by molar-refractivity contribution is -0.122. The standard InChI is InChI=1S/C20H22N6O3S/c1-13-4-7-15(8-5-13)26-20(23-24-25-26)30-12-19(28)21-11-18(27)22-16-10-14(2)6-9-17(16)29-3/h4-10H,11-12H2,1-3H3,(H,21,28)(H,22,27). The molecular weight excluding hydrogens is 404 g/mol. The number of amides is 2. The van der Waals surface area contributed by atoms with Crippen LogP contribution in [0, 0.1) is 13.8 Å². The van der Waals surface area contributed by atoms with Gasteiger partial charge in [0.1, 0.15) is 5.75 Å². The third kappa shape index (κ3) is 5.57. The van der Waals surface area contributed by atoms with Gasteiger partial charge in [-0.2, -0.15) is 4.68 Å². The number of carbonyl (C=O) groups is 2. The van der Waals surface area contributed by atoms with Crippen molar-refractivity contribution >= 4 is 29.3 Å². The van der Waals surface area contributed by atoms with E-state index in [2.05, 4.69) is 26.2 Å². The van der Waals surface area contributed by atoms with Crippen LogP contribution < -0.4 is 15.4 Å². The number of aromatic nitrogens is 4. The third-order valence-corrected chi connectivity index (χ3v) is 5.05. The number of benzene rings is 2. The average Bonchev–Trinajstić information content (AvgIpc) is 3.20. The quantitative estimate of drug-likeness (QED) is 0.531. The molecule has 0 spiro atoms. The Balaban J connectivity index is 1.50. The van der Waals surface area contributed by atoms with E-state index >= 15 is 0 Å². The molecule has 3 rings (SSSR count). The molecule has 0 saturated carbocycles. The predicted molar refractivity (Wildman–Crippen MR) is 114 cm³/mol. The number of carbonyl (C=O) groups excluding carboxylic acids is 2. The van der Waals surface area contributed by atoms with Crippen molar-refractivity contribution in [1.29, 1.82) is 0 Å². The predicted octanol–water partition coefficient (Wildman–Crippen LogP) is 2.13. The van der Waals surface area contributed by atoms with E-state index in [0.29, 0.717) is 16.6 Å². The molecule has 0 aliphatic carbocycles. The number of methoxy groups -OCH3 is 1. The summed E-state index contributed by atoms with van der Waals surface area (Å²) in [4.78, 5) is 24.3. The lowest BCUT2D eigenvalue weighted by Gasteiger charge is -2.11. The van der Waals surface area contributed by atoms with Crippen LogP contribution in [-0.2, 0) is 9.59 Å². The summed E-state index contributed by atoms with van der Waals surface area (Å²) in [5, 5.41) is 17.4. The van der Waals surface area contributed by atoms with Gasteiger partial charge < -0.3 is 15.4 Å². The van der Waals surface area contributed by atoms with Crippen LogP contribution in [-0.4, -0.2) is 51.4 Å². The first-order valence-electron chi connectivity index (χ1n) is 9.15. The Morgan fingerprint density at radius 2 is 1.80 bits per heavy atom. The van der Waals surface area contributed by atoms with Crippen molar-refractivity contribution in [2.45, 2.75) is 19.0 Å². The highest BCUT2D eigenvalue weighted by molar-refractivity contribution is 7.99. The summed E-state index contributed by atoms with van der Waals surface area (Å²) in [5.41, 5.74) is 3.48. The maximum atomic E-state index is 12.2. The molecule has 3 aromatic rings. The molecule has 10 heteroatoms. The summed E-state index contributed by atoms with van der Waals surface area (Å²) in [5.74, 6) is -0.0156. The normalized spacial score (nSPS) is 10.5. The minimum Gasteiger partial charge on any atom is -0.495 e. The Labute approximate surface area is 178 Å². The number of aryl methyl sites for hydroxylation is 2. The molecule has 0 aliphatic heterocycles. The second-order valence-electron chi connectivity index (χ2n) is 6.53. The number of ether oxygens (including phenoxy) is 1. The zero-order valence-corrected chi connectivity index (χ0v) is 17.7. The van der Waals surface area contributed by atoms with Crippen molar-refractivity contribution in [2.24, 2.45) is 0 Å². The molecule has 0 saturated heterocycles. The summed E-state index contributed by atoms with van der Waals surface area (Å²) in [7, 11) is 1.53. The van der Waals surface area contributed by atoms with Gasteiger partial charge in [0.25, 0.3) is 0 Å². The third-order valence-electron chi connectivity index (χ3n) is 4.13. The van der Waals surface area contributed by atoms with Crippen LogP contribution in [0.5, 0.6) is 5.75 Å². The fraction of sp³-hybridized carbons (Fsp3) is 0.250. The van der Waals surface area contributed by atoms with Crippen LogP contribution in [0.2, 0.25) is 0 Å². The molecule has 30 heavy (non-hydrogen) atoms. The van der Waals surface area contributed by atoms with E-state index < -0.39 is 0 Å². The van der Waals surface area contributed by atoms with E-state index in [1.165, 1.54) is 18.9 Å². The van der Waals surface area contributed by atoms with E-state index in [1.54, 1.807) is 16.8 Å². The molecule has 1 heterocycles. The van der Waals surface area contributed by atoms with Gasteiger partial charge in [-0.1, -0.05) is 35.5 Å². The fourth-order valence-electron chi connectivity index (χ4n) is 2.59. The van der Waals surface area contributed by atoms with Crippen molar-refractivity contribution in [1.82, 2.24) is 25.5 Å². The van der Waals surface area contributed by atoms with Crippen LogP contribution in [0.1, 0.15) is 11.1 Å². The SMILES string of the molecule is COc1ccc(C)cc1NC(=O)CNC(=O)CSc1nnnn1-c1ccc(C)cc1. The summed E-state index contributed by atoms with van der Waals surface area (Å²) in [6.45, 7) is 3.76. The van der Waals surface area contributed by atoms with E-state index in [9.17, 15) is 9.59 Å². The summed E-state index contributed by atoms with van der Waals surface area (Å²) in [6.07, 6.45) is 0. The highest BCUT2D eigenvalue weighted by Gasteiger charge is 2.13. The zero-order chi connectivity index (χ0) is 21.5. The highest BCUT2D eigenvalue weighted by Crippen LogP contribution is 2.25. The van der Waals surface area contributed by atoms with Crippen molar-refractivity contribution in [2.75, 3.05) is 24.7 Å². The lowest BCUT2D eigenvalue weighted by atomic mass is 10.2. The number of anilines is 1. The van der Waals surface area contributed by atoms with Crippen LogP contribution in [0.3, 0.4) is 0 Å². The molecule has 0 atom stereocenters. The first-order chi connectivity index (χ1) is 14.5. The van der Waals surface area contributed by atoms with Crippen LogP contribution >= 0.6 is 11.8 Å². The smallest absolute Gasteiger partial charge is 0.243 e. The minimum atomic E-state index is -0.346. The van der Waals surface area contributed by atoms with Crippen molar-refractivity contribution in [3.05, 3.63) is 53.6 Å². The van der Waals surface area contributed by atoms with Crippen LogP contribution in [0.15, 0.2) is 47.6 Å². The Kier molecular flexibility index (Phi) is 7.02. The topological polar surface area (TPSA) is 111 Å². The van der Waals surface area contributed by atoms with Gasteiger partial charge in [0.15, 0.2) is 0 Å². The highest BCUT2D eigenvalue weighted by atomic mass is 32.2. The Hall–Kier alpha value is -3.40. The zero-order valence-electron chi connectivity index (χ0n) is 16.9. The molecule has 0 radical (unpaired) electrons. The molecule has 0 aliphatic rings. The monoisotopic (exact) mass is 426 g/mol. The molecule has 0 bridgehead atoms. The van der Waals surface area contributed by atoms with Crippen LogP contribution in [0.25, 0.3) is 5.69 Å². The number of rotatable bonds is 8. The second-order valence-corrected chi connectivity index (χ2v) is 7.47. The van der Waals surface area contributed by atoms with Gasteiger partial charge in [0.2, 0.25) is 17.0 Å². The molecule has 2 N–H and O–H groups in total. The molecule has 0 fully saturated rings. The van der Waals surface area contributed by atoms with Gasteiger partial charge in [-0.15, -0.1) is 5.10 Å². The van der Waals surface area contributed by atoms with Gasteiger partial charge in [-0.3, -0.25) is 9.59 Å². The van der Waals surface area contributed by atoms with E-state index in [-0.39, 0.29) is 24.1 Å². The molecule has 9 nitrogen and oxygen atoms in total. The minimum absolute atomic E-state index is 0.0767. The molecule has 2 aromatic carbocycles. The second kappa shape index (κ2) is 9.88. The lowest BCUT2D eigenvalue weighted by Crippen LogP contribution is -2.34. The number of nitrogens with one attached hydrogen (secondary N) is 2. The van der Waals surface area contributed by atoms with E-state index in [4.69, 9.17) is 4.74 Å². The first kappa shape index (κ1) is 21.3. The van der Waals surface area contributed by atoms with Gasteiger partial charge in [0, 0.05) is 0 Å². The Bertz CT molecular complexity index is 1040. The number of thioether (sulfide) groups is 1. The number of hydrogen-bond donors (Lipinski definition) is 2. The van der Waals surface area contributed by atoms with E-state index in [0.717, 1.165) is 16.8 Å². The molecule has 0 unspecified atom stereocenters. The average molecular weight is 427 g/mol. The number of tetrazole rings is 1. The van der Waals surface area contributed by atoms with Crippen molar-refractivity contribution in [3.8, 4) is 11.4 Å². The van der Waals surface area contributed by atoms with Crippen molar-refractivity contribution in [3.63, 3.8) is 0 Å². The summed E-state index contributed by atoms with van der Waals surface area (Å²) in [6, 6.07) is 13.2. The molecule has 1 aromatic heterocycles. The van der Waals surface area contributed by atoms with E-state index in [1.807, 2.05) is 44.2 Å². The van der Waals surface area contributed by atoms with Gasteiger partial charge in [0.05, 0.1) is 30.8 Å². The van der Waals surface area contributed by atoms with Gasteiger partial charge in [-0.25, -0.2) is 0 Å². The van der Waals surface area contributed by atoms with Gasteiger partial charge >= 0.3 is 0 Å². The maximum Gasteiger partial charge on any atom is 0.243 e. The first-order valence-corrected chi connectivity index (χ1v) is 10.1. The summed E-state index contributed by atoms with van der Waals surface area (Å²) >= 11 is 1.19. The largest absolute Gasteiger partial charge is 0.495 e. The number of nitrogens with zero attached hydrogens (tertiary/aromatic N) is 4. The number of hydrogen-bond acceptors (Lipinski definition) is 7. The molecular formula is C20H22N6O3S. The Morgan fingerprint density at radius 3 is 2.53 bits per heavy atom. The Morgan fingerprint density at radius 1 is 1.07 bits per heavy atom. The maximum absolute atomic E-state index is 12.2. The fourth-order valence-corrected chi connectivity index (χ4v) is 3.31. The summed E-state index contributed by atoms with van der Waals surface area (Å²) < 4.78 is 6.80.